The smallest absolute Gasteiger partial charge is 0.343 e. The number of hydrogen-bond acceptors (Lipinski definition) is 3. The highest BCUT2D eigenvalue weighted by molar-refractivity contribution is 5.81. The lowest BCUT2D eigenvalue weighted by atomic mass is 9.72. The minimum atomic E-state index is -2.89. The first-order valence-corrected chi connectivity index (χ1v) is 10.2. The van der Waals surface area contributed by atoms with Crippen molar-refractivity contribution in [2.24, 2.45) is 5.92 Å². The maximum atomic E-state index is 14.0. The molecule has 0 unspecified atom stereocenters. The standard InChI is InChI=1S/C22H29F2N2O3/c1-3-25-12-13-26(17(25)2)14-15-29-20(27)22(28,18-8-5-4-6-9-18)19-10-7-11-21(23,24)16-19/h4-6,8-9,12-13,19,28H,3,7,10-11,14-16H2,1-2H3/q+1/t19-,22-/m0/s1. The van der Waals surface area contributed by atoms with Crippen LogP contribution in [0.15, 0.2) is 42.7 Å². The van der Waals surface area contributed by atoms with Crippen LogP contribution < -0.4 is 4.57 Å². The molecule has 29 heavy (non-hydrogen) atoms. The molecule has 5 nitrogen and oxygen atoms in total. The van der Waals surface area contributed by atoms with Crippen LogP contribution in [-0.4, -0.2) is 28.2 Å². The summed E-state index contributed by atoms with van der Waals surface area (Å²) in [6, 6.07) is 8.30. The maximum Gasteiger partial charge on any atom is 0.343 e. The first-order chi connectivity index (χ1) is 13.8. The van der Waals surface area contributed by atoms with Crippen molar-refractivity contribution < 1.29 is 28.0 Å². The Labute approximate surface area is 169 Å². The molecule has 0 spiro atoms. The Bertz CT molecular complexity index is 838. The predicted octanol–water partition coefficient (Wildman–Crippen LogP) is 3.36. The molecular formula is C22H29F2N2O3+. The number of aliphatic hydroxyl groups is 1. The highest BCUT2D eigenvalue weighted by atomic mass is 19.3. The fourth-order valence-electron chi connectivity index (χ4n) is 4.20. The van der Waals surface area contributed by atoms with Crippen molar-refractivity contribution >= 4 is 5.97 Å². The van der Waals surface area contributed by atoms with E-state index in [1.807, 2.05) is 30.8 Å². The summed E-state index contributed by atoms with van der Waals surface area (Å²) >= 11 is 0. The topological polar surface area (TPSA) is 55.3 Å². The molecule has 0 amide bonds. The van der Waals surface area contributed by atoms with Gasteiger partial charge in [0, 0.05) is 25.7 Å². The number of carbonyl (C=O) groups is 1. The molecule has 2 atom stereocenters. The lowest BCUT2D eigenvalue weighted by Gasteiger charge is -2.39. The Morgan fingerprint density at radius 3 is 2.72 bits per heavy atom. The first kappa shape index (κ1) is 21.4. The Hall–Kier alpha value is -2.28. The van der Waals surface area contributed by atoms with Gasteiger partial charge in [-0.25, -0.2) is 22.7 Å². The number of aromatic nitrogens is 2. The van der Waals surface area contributed by atoms with Gasteiger partial charge in [-0.1, -0.05) is 30.3 Å². The largest absolute Gasteiger partial charge is 0.459 e. The molecule has 1 fully saturated rings. The molecule has 1 N–H and O–H groups in total. The molecule has 7 heteroatoms. The first-order valence-electron chi connectivity index (χ1n) is 10.2. The molecule has 3 rings (SSSR count). The SMILES string of the molecule is CCn1cc[n+](CCOC(=O)[C@](O)(c2ccccc2)[C@H]2CCCC(F)(F)C2)c1C. The zero-order chi connectivity index (χ0) is 21.1. The van der Waals surface area contributed by atoms with Crippen LogP contribution in [0.25, 0.3) is 0 Å². The molecule has 1 aromatic heterocycles. The van der Waals surface area contributed by atoms with Crippen molar-refractivity contribution in [3.8, 4) is 0 Å². The lowest BCUT2D eigenvalue weighted by molar-refractivity contribution is -0.703. The summed E-state index contributed by atoms with van der Waals surface area (Å²) in [5.41, 5.74) is -1.78. The van der Waals surface area contributed by atoms with Crippen molar-refractivity contribution in [3.05, 3.63) is 54.1 Å². The minimum absolute atomic E-state index is 0.0519. The van der Waals surface area contributed by atoms with E-state index in [2.05, 4.69) is 4.57 Å². The van der Waals surface area contributed by atoms with Crippen molar-refractivity contribution in [1.29, 1.82) is 0 Å². The Morgan fingerprint density at radius 2 is 2.10 bits per heavy atom. The van der Waals surface area contributed by atoms with Gasteiger partial charge in [0.05, 0.1) is 6.54 Å². The molecular weight excluding hydrogens is 378 g/mol. The molecule has 1 aliphatic carbocycles. The van der Waals surface area contributed by atoms with E-state index in [0.717, 1.165) is 12.4 Å². The molecule has 1 saturated carbocycles. The molecule has 0 radical (unpaired) electrons. The summed E-state index contributed by atoms with van der Waals surface area (Å²) in [6.07, 6.45) is 3.72. The minimum Gasteiger partial charge on any atom is -0.459 e. The molecule has 158 valence electrons. The molecule has 2 aromatic rings. The average molecular weight is 407 g/mol. The van der Waals surface area contributed by atoms with Crippen LogP contribution in [0.5, 0.6) is 0 Å². The zero-order valence-electron chi connectivity index (χ0n) is 17.0. The third-order valence-electron chi connectivity index (χ3n) is 5.92. The Kier molecular flexibility index (Phi) is 6.36. The summed E-state index contributed by atoms with van der Waals surface area (Å²) in [6.45, 7) is 5.32. The van der Waals surface area contributed by atoms with E-state index in [-0.39, 0.29) is 19.4 Å². The Balaban J connectivity index is 1.77. The van der Waals surface area contributed by atoms with Gasteiger partial charge in [-0.15, -0.1) is 0 Å². The van der Waals surface area contributed by atoms with Gasteiger partial charge in [0.2, 0.25) is 5.92 Å². The van der Waals surface area contributed by atoms with Gasteiger partial charge in [-0.2, -0.15) is 0 Å². The third-order valence-corrected chi connectivity index (χ3v) is 5.92. The van der Waals surface area contributed by atoms with Crippen LogP contribution in [0.3, 0.4) is 0 Å². The quantitative estimate of drug-likeness (QED) is 0.566. The average Bonchev–Trinajstić information content (AvgIpc) is 3.06. The van der Waals surface area contributed by atoms with Crippen molar-refractivity contribution in [2.75, 3.05) is 6.61 Å². The van der Waals surface area contributed by atoms with Gasteiger partial charge in [0.25, 0.3) is 5.82 Å². The van der Waals surface area contributed by atoms with Gasteiger partial charge >= 0.3 is 5.97 Å². The number of carbonyl (C=O) groups excluding carboxylic acids is 1. The van der Waals surface area contributed by atoms with Crippen LogP contribution in [0.1, 0.15) is 44.0 Å². The molecule has 1 aromatic carbocycles. The molecule has 1 heterocycles. The van der Waals surface area contributed by atoms with Crippen LogP contribution in [0, 0.1) is 12.8 Å². The third kappa shape index (κ3) is 4.50. The predicted molar refractivity (Wildman–Crippen MR) is 103 cm³/mol. The number of nitrogens with zero attached hydrogens (tertiary/aromatic N) is 2. The summed E-state index contributed by atoms with van der Waals surface area (Å²) in [5.74, 6) is -3.62. The molecule has 0 aliphatic heterocycles. The number of rotatable bonds is 7. The second kappa shape index (κ2) is 8.61. The number of alkyl halides is 2. The number of halogens is 2. The summed E-state index contributed by atoms with van der Waals surface area (Å²) in [5, 5.41) is 11.4. The monoisotopic (exact) mass is 407 g/mol. The van der Waals surface area contributed by atoms with Gasteiger partial charge in [0.1, 0.15) is 25.5 Å². The van der Waals surface area contributed by atoms with Gasteiger partial charge in [0.15, 0.2) is 5.60 Å². The Morgan fingerprint density at radius 1 is 1.38 bits per heavy atom. The summed E-state index contributed by atoms with van der Waals surface area (Å²) < 4.78 is 37.5. The molecule has 0 saturated heterocycles. The van der Waals surface area contributed by atoms with Crippen LogP contribution in [-0.2, 0) is 28.2 Å². The molecule has 1 aliphatic rings. The number of ether oxygens (including phenoxy) is 1. The molecule has 0 bridgehead atoms. The van der Waals surface area contributed by atoms with E-state index in [1.54, 1.807) is 30.3 Å². The lowest BCUT2D eigenvalue weighted by Crippen LogP contribution is -2.48. The second-order valence-electron chi connectivity index (χ2n) is 7.74. The fourth-order valence-corrected chi connectivity index (χ4v) is 4.20. The number of benzene rings is 1. The number of aryl methyl sites for hydroxylation is 1. The summed E-state index contributed by atoms with van der Waals surface area (Å²) in [7, 11) is 0. The highest BCUT2D eigenvalue weighted by Crippen LogP contribution is 2.45. The van der Waals surface area contributed by atoms with E-state index in [0.29, 0.717) is 18.5 Å². The summed E-state index contributed by atoms with van der Waals surface area (Å²) in [4.78, 5) is 13.0. The van der Waals surface area contributed by atoms with E-state index >= 15 is 0 Å². The highest BCUT2D eigenvalue weighted by Gasteiger charge is 2.52. The van der Waals surface area contributed by atoms with Crippen LogP contribution >= 0.6 is 0 Å². The normalized spacial score (nSPS) is 20.8. The second-order valence-corrected chi connectivity index (χ2v) is 7.74. The number of esters is 1. The zero-order valence-corrected chi connectivity index (χ0v) is 17.0. The van der Waals surface area contributed by atoms with Crippen molar-refractivity contribution in [3.63, 3.8) is 0 Å². The van der Waals surface area contributed by atoms with E-state index in [1.165, 1.54) is 0 Å². The maximum absolute atomic E-state index is 14.0. The van der Waals surface area contributed by atoms with Gasteiger partial charge in [-0.05, 0) is 25.3 Å². The van der Waals surface area contributed by atoms with E-state index in [4.69, 9.17) is 4.74 Å². The van der Waals surface area contributed by atoms with Crippen LogP contribution in [0.2, 0.25) is 0 Å². The fraction of sp³-hybridized carbons (Fsp3) is 0.545. The number of imidazole rings is 1. The van der Waals surface area contributed by atoms with E-state index < -0.39 is 29.8 Å². The van der Waals surface area contributed by atoms with Crippen molar-refractivity contribution in [1.82, 2.24) is 4.57 Å². The van der Waals surface area contributed by atoms with Gasteiger partial charge in [-0.3, -0.25) is 0 Å². The van der Waals surface area contributed by atoms with E-state index in [9.17, 15) is 18.7 Å². The van der Waals surface area contributed by atoms with Gasteiger partial charge < -0.3 is 9.84 Å². The van der Waals surface area contributed by atoms with Crippen molar-refractivity contribution in [2.45, 2.75) is 64.1 Å². The van der Waals surface area contributed by atoms with Crippen LogP contribution in [0.4, 0.5) is 8.78 Å². The number of hydrogen-bond donors (Lipinski definition) is 1.